The maximum Gasteiger partial charge on any atom is 0.244 e. The lowest BCUT2D eigenvalue weighted by Gasteiger charge is -2.36. The number of rotatable bonds is 4. The number of carbonyl (C=O) groups is 1. The Hall–Kier alpha value is -1.61. The molecule has 0 radical (unpaired) electrons. The Morgan fingerprint density at radius 2 is 2.16 bits per heavy atom. The molecule has 1 fully saturated rings. The van der Waals surface area contributed by atoms with Crippen LogP contribution in [0.2, 0.25) is 0 Å². The summed E-state index contributed by atoms with van der Waals surface area (Å²) in [4.78, 5) is 11.7. The van der Waals surface area contributed by atoms with E-state index in [9.17, 15) is 9.90 Å². The van der Waals surface area contributed by atoms with Crippen molar-refractivity contribution in [1.29, 1.82) is 0 Å². The number of carbonyl (C=O) groups excluding carboxylic acids is 1. The van der Waals surface area contributed by atoms with Crippen molar-refractivity contribution in [2.45, 2.75) is 38.7 Å². The van der Waals surface area contributed by atoms with Crippen LogP contribution in [0, 0.1) is 13.8 Å². The summed E-state index contributed by atoms with van der Waals surface area (Å²) >= 11 is 0. The standard InChI is InChI=1S/C16H21NO2/c1-12-4-5-14(13(2)10-12)6-7-15(18)17-11-16(19)8-3-9-16/h4-7,10,19H,3,8-9,11H2,1-2H3,(H,17,18)/b7-6+. The largest absolute Gasteiger partial charge is 0.388 e. The zero-order chi connectivity index (χ0) is 13.9. The van der Waals surface area contributed by atoms with Crippen LogP contribution in [0.5, 0.6) is 0 Å². The Bertz CT molecular complexity index is 501. The number of hydrogen-bond acceptors (Lipinski definition) is 2. The van der Waals surface area contributed by atoms with Crippen molar-refractivity contribution in [2.75, 3.05) is 6.54 Å². The van der Waals surface area contributed by atoms with Gasteiger partial charge in [0, 0.05) is 12.6 Å². The normalized spacial score (nSPS) is 17.2. The number of aliphatic hydroxyl groups is 1. The Labute approximate surface area is 114 Å². The molecule has 19 heavy (non-hydrogen) atoms. The molecule has 0 atom stereocenters. The first kappa shape index (κ1) is 13.8. The van der Waals surface area contributed by atoms with Gasteiger partial charge in [-0.15, -0.1) is 0 Å². The summed E-state index contributed by atoms with van der Waals surface area (Å²) in [6.07, 6.45) is 5.96. The van der Waals surface area contributed by atoms with Crippen LogP contribution in [0.25, 0.3) is 6.08 Å². The molecule has 0 aliphatic heterocycles. The highest BCUT2D eigenvalue weighted by Crippen LogP contribution is 2.30. The molecule has 1 aromatic rings. The van der Waals surface area contributed by atoms with Gasteiger partial charge in [0.25, 0.3) is 0 Å². The zero-order valence-electron chi connectivity index (χ0n) is 11.6. The molecule has 0 aromatic heterocycles. The summed E-state index contributed by atoms with van der Waals surface area (Å²) in [6.45, 7) is 4.43. The monoisotopic (exact) mass is 259 g/mol. The van der Waals surface area contributed by atoms with Gasteiger partial charge in [-0.1, -0.05) is 23.8 Å². The molecule has 2 rings (SSSR count). The fraction of sp³-hybridized carbons (Fsp3) is 0.438. The van der Waals surface area contributed by atoms with Gasteiger partial charge >= 0.3 is 0 Å². The number of aryl methyl sites for hydroxylation is 2. The molecule has 1 saturated carbocycles. The molecule has 3 nitrogen and oxygen atoms in total. The van der Waals surface area contributed by atoms with Crippen molar-refractivity contribution in [3.63, 3.8) is 0 Å². The van der Waals surface area contributed by atoms with Gasteiger partial charge in [0.15, 0.2) is 0 Å². The smallest absolute Gasteiger partial charge is 0.244 e. The van der Waals surface area contributed by atoms with E-state index in [1.165, 1.54) is 11.6 Å². The molecule has 0 unspecified atom stereocenters. The zero-order valence-corrected chi connectivity index (χ0v) is 11.6. The first-order chi connectivity index (χ1) is 8.98. The molecule has 2 N–H and O–H groups in total. The maximum atomic E-state index is 11.7. The van der Waals surface area contributed by atoms with Crippen LogP contribution < -0.4 is 5.32 Å². The van der Waals surface area contributed by atoms with Gasteiger partial charge in [0.1, 0.15) is 0 Å². The minimum atomic E-state index is -0.663. The van der Waals surface area contributed by atoms with Gasteiger partial charge in [-0.25, -0.2) is 0 Å². The quantitative estimate of drug-likeness (QED) is 0.815. The first-order valence-corrected chi connectivity index (χ1v) is 6.74. The average Bonchev–Trinajstić information content (AvgIpc) is 2.33. The van der Waals surface area contributed by atoms with Gasteiger partial charge in [-0.3, -0.25) is 4.79 Å². The minimum Gasteiger partial charge on any atom is -0.388 e. The fourth-order valence-electron chi connectivity index (χ4n) is 2.25. The number of benzene rings is 1. The topological polar surface area (TPSA) is 49.3 Å². The van der Waals surface area contributed by atoms with Gasteiger partial charge < -0.3 is 10.4 Å². The van der Waals surface area contributed by atoms with Crippen molar-refractivity contribution in [3.8, 4) is 0 Å². The van der Waals surface area contributed by atoms with E-state index in [1.54, 1.807) is 0 Å². The lowest BCUT2D eigenvalue weighted by molar-refractivity contribution is -0.118. The number of amides is 1. The average molecular weight is 259 g/mol. The molecule has 1 aliphatic rings. The molecule has 0 heterocycles. The van der Waals surface area contributed by atoms with E-state index in [-0.39, 0.29) is 5.91 Å². The Morgan fingerprint density at radius 3 is 2.74 bits per heavy atom. The van der Waals surface area contributed by atoms with E-state index in [2.05, 4.69) is 11.4 Å². The lowest BCUT2D eigenvalue weighted by Crippen LogP contribution is -2.47. The first-order valence-electron chi connectivity index (χ1n) is 6.74. The minimum absolute atomic E-state index is 0.152. The summed E-state index contributed by atoms with van der Waals surface area (Å²) in [7, 11) is 0. The highest BCUT2D eigenvalue weighted by molar-refractivity contribution is 5.91. The third-order valence-corrected chi connectivity index (χ3v) is 3.72. The van der Waals surface area contributed by atoms with Crippen LogP contribution in [0.1, 0.15) is 36.0 Å². The fourth-order valence-corrected chi connectivity index (χ4v) is 2.25. The second-order valence-electron chi connectivity index (χ2n) is 5.49. The molecule has 0 bridgehead atoms. The number of nitrogens with one attached hydrogen (secondary N) is 1. The van der Waals surface area contributed by atoms with Crippen molar-refractivity contribution in [3.05, 3.63) is 41.0 Å². The molecule has 1 amide bonds. The second-order valence-corrected chi connectivity index (χ2v) is 5.49. The Kier molecular flexibility index (Phi) is 4.05. The van der Waals surface area contributed by atoms with Crippen LogP contribution >= 0.6 is 0 Å². The summed E-state index contributed by atoms with van der Waals surface area (Å²) in [6, 6.07) is 6.13. The van der Waals surface area contributed by atoms with Gasteiger partial charge in [-0.05, 0) is 50.3 Å². The lowest BCUT2D eigenvalue weighted by atomic mass is 9.80. The second kappa shape index (κ2) is 5.57. The van der Waals surface area contributed by atoms with Crippen LogP contribution in [0.3, 0.4) is 0 Å². The van der Waals surface area contributed by atoms with E-state index in [0.29, 0.717) is 6.54 Å². The molecular weight excluding hydrogens is 238 g/mol. The van der Waals surface area contributed by atoms with Crippen LogP contribution in [-0.2, 0) is 4.79 Å². The van der Waals surface area contributed by atoms with Crippen LogP contribution in [0.15, 0.2) is 24.3 Å². The molecule has 1 aromatic carbocycles. The van der Waals surface area contributed by atoms with E-state index in [4.69, 9.17) is 0 Å². The van der Waals surface area contributed by atoms with Crippen molar-refractivity contribution < 1.29 is 9.90 Å². The van der Waals surface area contributed by atoms with Crippen molar-refractivity contribution in [2.24, 2.45) is 0 Å². The van der Waals surface area contributed by atoms with E-state index >= 15 is 0 Å². The molecule has 0 spiro atoms. The van der Waals surface area contributed by atoms with Gasteiger partial charge in [0.2, 0.25) is 5.91 Å². The summed E-state index contributed by atoms with van der Waals surface area (Å²) in [5, 5.41) is 12.6. The molecule has 3 heteroatoms. The SMILES string of the molecule is Cc1ccc(/C=C/C(=O)NCC2(O)CCC2)c(C)c1. The van der Waals surface area contributed by atoms with E-state index in [1.807, 2.05) is 32.1 Å². The van der Waals surface area contributed by atoms with Crippen molar-refractivity contribution >= 4 is 12.0 Å². The van der Waals surface area contributed by atoms with E-state index in [0.717, 1.165) is 30.4 Å². The highest BCUT2D eigenvalue weighted by Gasteiger charge is 2.34. The predicted molar refractivity (Wildman–Crippen MR) is 76.8 cm³/mol. The molecular formula is C16H21NO2. The highest BCUT2D eigenvalue weighted by atomic mass is 16.3. The van der Waals surface area contributed by atoms with Crippen LogP contribution in [0.4, 0.5) is 0 Å². The summed E-state index contributed by atoms with van der Waals surface area (Å²) < 4.78 is 0. The third kappa shape index (κ3) is 3.67. The number of hydrogen-bond donors (Lipinski definition) is 2. The Morgan fingerprint density at radius 1 is 1.42 bits per heavy atom. The summed E-state index contributed by atoms with van der Waals surface area (Å²) in [5.74, 6) is -0.152. The van der Waals surface area contributed by atoms with E-state index < -0.39 is 5.60 Å². The van der Waals surface area contributed by atoms with Gasteiger partial charge in [0.05, 0.1) is 5.60 Å². The molecule has 0 saturated heterocycles. The Balaban J connectivity index is 1.89. The molecule has 102 valence electrons. The third-order valence-electron chi connectivity index (χ3n) is 3.72. The summed E-state index contributed by atoms with van der Waals surface area (Å²) in [5.41, 5.74) is 2.75. The molecule has 1 aliphatic carbocycles. The van der Waals surface area contributed by atoms with Gasteiger partial charge in [-0.2, -0.15) is 0 Å². The van der Waals surface area contributed by atoms with Crippen LogP contribution in [-0.4, -0.2) is 23.2 Å². The maximum absolute atomic E-state index is 11.7. The van der Waals surface area contributed by atoms with Crippen molar-refractivity contribution in [1.82, 2.24) is 5.32 Å². The predicted octanol–water partition coefficient (Wildman–Crippen LogP) is 2.35.